The van der Waals surface area contributed by atoms with Crippen molar-refractivity contribution < 1.29 is 4.79 Å². The van der Waals surface area contributed by atoms with Gasteiger partial charge < -0.3 is 15.5 Å². The van der Waals surface area contributed by atoms with Gasteiger partial charge in [-0.1, -0.05) is 0 Å². The smallest absolute Gasteiger partial charge is 0.275 e. The summed E-state index contributed by atoms with van der Waals surface area (Å²) in [5.41, 5.74) is 1.80. The second-order valence-corrected chi connectivity index (χ2v) is 6.08. The number of aryl methyl sites for hydroxylation is 1. The van der Waals surface area contributed by atoms with Crippen LogP contribution in [0.4, 0.5) is 23.0 Å². The molecule has 2 aromatic heterocycles. The van der Waals surface area contributed by atoms with Gasteiger partial charge >= 0.3 is 0 Å². The number of rotatable bonds is 7. The van der Waals surface area contributed by atoms with Crippen molar-refractivity contribution in [2.75, 3.05) is 28.6 Å². The van der Waals surface area contributed by atoms with Crippen molar-refractivity contribution in [2.45, 2.75) is 20.8 Å². The van der Waals surface area contributed by atoms with Crippen molar-refractivity contribution in [3.63, 3.8) is 0 Å². The second-order valence-electron chi connectivity index (χ2n) is 6.08. The Labute approximate surface area is 164 Å². The first kappa shape index (κ1) is 19.2. The van der Waals surface area contributed by atoms with E-state index in [1.54, 1.807) is 0 Å². The van der Waals surface area contributed by atoms with Gasteiger partial charge in [-0.3, -0.25) is 9.78 Å². The number of anilines is 4. The Morgan fingerprint density at radius 1 is 1.04 bits per heavy atom. The number of hydrogen-bond donors (Lipinski definition) is 2. The average Bonchev–Trinajstić information content (AvgIpc) is 2.71. The highest BCUT2D eigenvalue weighted by Gasteiger charge is 2.09. The Bertz CT molecular complexity index is 925. The van der Waals surface area contributed by atoms with Crippen molar-refractivity contribution in [1.82, 2.24) is 19.9 Å². The summed E-state index contributed by atoms with van der Waals surface area (Å²) in [5.74, 6) is 2.03. The predicted molar refractivity (Wildman–Crippen MR) is 110 cm³/mol. The molecule has 0 aliphatic rings. The molecule has 0 bridgehead atoms. The molecule has 0 aliphatic carbocycles. The fourth-order valence-corrected chi connectivity index (χ4v) is 2.72. The maximum atomic E-state index is 12.1. The van der Waals surface area contributed by atoms with Crippen LogP contribution in [0.15, 0.2) is 48.9 Å². The van der Waals surface area contributed by atoms with E-state index in [9.17, 15) is 4.79 Å². The van der Waals surface area contributed by atoms with Gasteiger partial charge in [0.2, 0.25) is 0 Å². The molecule has 0 radical (unpaired) electrons. The minimum absolute atomic E-state index is 0.269. The van der Waals surface area contributed by atoms with Crippen molar-refractivity contribution >= 4 is 28.9 Å². The molecule has 0 atom stereocenters. The lowest BCUT2D eigenvalue weighted by Gasteiger charge is -2.20. The summed E-state index contributed by atoms with van der Waals surface area (Å²) in [6, 6.07) is 9.32. The molecule has 3 rings (SSSR count). The van der Waals surface area contributed by atoms with E-state index in [4.69, 9.17) is 0 Å². The van der Waals surface area contributed by atoms with Gasteiger partial charge in [0, 0.05) is 42.9 Å². The third-order valence-electron chi connectivity index (χ3n) is 4.12. The summed E-state index contributed by atoms with van der Waals surface area (Å²) >= 11 is 0. The highest BCUT2D eigenvalue weighted by Crippen LogP contribution is 2.21. The predicted octanol–water partition coefficient (Wildman–Crippen LogP) is 3.42. The van der Waals surface area contributed by atoms with Crippen LogP contribution in [0.3, 0.4) is 0 Å². The lowest BCUT2D eigenvalue weighted by atomic mass is 10.2. The summed E-state index contributed by atoms with van der Waals surface area (Å²) in [4.78, 5) is 31.2. The molecule has 2 N–H and O–H groups in total. The lowest BCUT2D eigenvalue weighted by molar-refractivity contribution is 0.102. The first-order valence-corrected chi connectivity index (χ1v) is 9.14. The highest BCUT2D eigenvalue weighted by molar-refractivity contribution is 6.02. The van der Waals surface area contributed by atoms with Crippen LogP contribution in [0.5, 0.6) is 0 Å². The van der Waals surface area contributed by atoms with Crippen molar-refractivity contribution in [3.8, 4) is 0 Å². The minimum Gasteiger partial charge on any atom is -0.357 e. The van der Waals surface area contributed by atoms with Gasteiger partial charge in [0.25, 0.3) is 5.91 Å². The molecule has 144 valence electrons. The van der Waals surface area contributed by atoms with Gasteiger partial charge in [-0.15, -0.1) is 0 Å². The Hall–Kier alpha value is -3.55. The van der Waals surface area contributed by atoms with Gasteiger partial charge in [-0.05, 0) is 45.0 Å². The van der Waals surface area contributed by atoms with Crippen molar-refractivity contribution in [3.05, 3.63) is 60.4 Å². The molecule has 8 nitrogen and oxygen atoms in total. The third-order valence-corrected chi connectivity index (χ3v) is 4.12. The van der Waals surface area contributed by atoms with Gasteiger partial charge in [0.1, 0.15) is 23.2 Å². The largest absolute Gasteiger partial charge is 0.357 e. The maximum Gasteiger partial charge on any atom is 0.275 e. The average molecular weight is 377 g/mol. The molecule has 28 heavy (non-hydrogen) atoms. The standard InChI is InChI=1S/C20H23N7O/c1-4-27(5-2)19-12-18(23-14(3)24-19)25-15-6-8-16(9-7-15)26-20(28)17-13-21-10-11-22-17/h6-13H,4-5H2,1-3H3,(H,26,28)(H,23,24,25). The molecule has 1 amide bonds. The van der Waals surface area contributed by atoms with Crippen LogP contribution in [0.25, 0.3) is 0 Å². The second kappa shape index (κ2) is 8.90. The fraction of sp³-hybridized carbons (Fsp3) is 0.250. The van der Waals surface area contributed by atoms with Crippen LogP contribution in [0, 0.1) is 6.92 Å². The van der Waals surface area contributed by atoms with Crippen LogP contribution in [0.1, 0.15) is 30.2 Å². The zero-order valence-electron chi connectivity index (χ0n) is 16.2. The molecule has 0 fully saturated rings. The lowest BCUT2D eigenvalue weighted by Crippen LogP contribution is -2.23. The van der Waals surface area contributed by atoms with E-state index in [0.717, 1.165) is 30.4 Å². The number of carbonyl (C=O) groups excluding carboxylic acids is 1. The minimum atomic E-state index is -0.302. The van der Waals surface area contributed by atoms with E-state index < -0.39 is 0 Å². The molecule has 0 saturated carbocycles. The number of nitrogens with one attached hydrogen (secondary N) is 2. The quantitative estimate of drug-likeness (QED) is 0.651. The van der Waals surface area contributed by atoms with Crippen LogP contribution in [-0.2, 0) is 0 Å². The van der Waals surface area contributed by atoms with Gasteiger partial charge in [0.15, 0.2) is 0 Å². The van der Waals surface area contributed by atoms with Crippen molar-refractivity contribution in [1.29, 1.82) is 0 Å². The zero-order chi connectivity index (χ0) is 19.9. The molecule has 2 heterocycles. The third kappa shape index (κ3) is 4.79. The molecule has 0 aliphatic heterocycles. The van der Waals surface area contributed by atoms with Gasteiger partial charge in [0.05, 0.1) is 6.20 Å². The van der Waals surface area contributed by atoms with Crippen LogP contribution in [-0.4, -0.2) is 38.9 Å². The van der Waals surface area contributed by atoms with E-state index in [1.807, 2.05) is 37.3 Å². The fourth-order valence-electron chi connectivity index (χ4n) is 2.72. The Kier molecular flexibility index (Phi) is 6.11. The summed E-state index contributed by atoms with van der Waals surface area (Å²) in [5, 5.41) is 6.08. The molecule has 8 heteroatoms. The SMILES string of the molecule is CCN(CC)c1cc(Nc2ccc(NC(=O)c3cnccn3)cc2)nc(C)n1. The van der Waals surface area contributed by atoms with Crippen LogP contribution in [0.2, 0.25) is 0 Å². The molecule has 1 aromatic carbocycles. The summed E-state index contributed by atoms with van der Waals surface area (Å²) in [6.45, 7) is 7.84. The molecule has 0 unspecified atom stereocenters. The van der Waals surface area contributed by atoms with E-state index in [1.165, 1.54) is 18.6 Å². The number of carbonyl (C=O) groups is 1. The normalized spacial score (nSPS) is 10.4. The van der Waals surface area contributed by atoms with Crippen LogP contribution >= 0.6 is 0 Å². The topological polar surface area (TPSA) is 95.9 Å². The monoisotopic (exact) mass is 377 g/mol. The zero-order valence-corrected chi connectivity index (χ0v) is 16.2. The van der Waals surface area contributed by atoms with E-state index in [-0.39, 0.29) is 11.6 Å². The molecule has 0 spiro atoms. The Balaban J connectivity index is 1.70. The number of benzene rings is 1. The first-order valence-electron chi connectivity index (χ1n) is 9.14. The van der Waals surface area contributed by atoms with E-state index in [0.29, 0.717) is 11.5 Å². The molecule has 3 aromatic rings. The van der Waals surface area contributed by atoms with Crippen LogP contribution < -0.4 is 15.5 Å². The molecular formula is C20H23N7O. The molecule has 0 saturated heterocycles. The Morgan fingerprint density at radius 3 is 2.39 bits per heavy atom. The highest BCUT2D eigenvalue weighted by atomic mass is 16.1. The van der Waals surface area contributed by atoms with Gasteiger partial charge in [-0.2, -0.15) is 0 Å². The maximum absolute atomic E-state index is 12.1. The number of amides is 1. The first-order chi connectivity index (χ1) is 13.6. The Morgan fingerprint density at radius 2 is 1.75 bits per heavy atom. The van der Waals surface area contributed by atoms with Crippen molar-refractivity contribution in [2.24, 2.45) is 0 Å². The number of nitrogens with zero attached hydrogens (tertiary/aromatic N) is 5. The summed E-state index contributed by atoms with van der Waals surface area (Å²) in [6.07, 6.45) is 4.44. The van der Waals surface area contributed by atoms with E-state index in [2.05, 4.69) is 49.3 Å². The molecular weight excluding hydrogens is 354 g/mol. The summed E-state index contributed by atoms with van der Waals surface area (Å²) < 4.78 is 0. The number of aromatic nitrogens is 4. The number of hydrogen-bond acceptors (Lipinski definition) is 7. The van der Waals surface area contributed by atoms with Gasteiger partial charge in [-0.25, -0.2) is 15.0 Å². The van der Waals surface area contributed by atoms with E-state index >= 15 is 0 Å². The summed E-state index contributed by atoms with van der Waals surface area (Å²) in [7, 11) is 0.